The van der Waals surface area contributed by atoms with E-state index in [1.54, 1.807) is 17.0 Å². The Balaban J connectivity index is 1.93. The van der Waals surface area contributed by atoms with Crippen LogP contribution in [0.15, 0.2) is 47.6 Å². The molecule has 1 aromatic heterocycles. The Labute approximate surface area is 173 Å². The monoisotopic (exact) mass is 416 g/mol. The minimum absolute atomic E-state index is 0.0502. The topological polar surface area (TPSA) is 64.4 Å². The predicted octanol–water partition coefficient (Wildman–Crippen LogP) is 5.33. The van der Waals surface area contributed by atoms with E-state index in [4.69, 9.17) is 33.3 Å². The van der Waals surface area contributed by atoms with Gasteiger partial charge >= 0.3 is 0 Å². The Hall–Kier alpha value is -2.64. The minimum Gasteiger partial charge on any atom is -0.493 e. The molecule has 28 heavy (non-hydrogen) atoms. The summed E-state index contributed by atoms with van der Waals surface area (Å²) in [6.45, 7) is 6.39. The second kappa shape index (κ2) is 9.03. The van der Waals surface area contributed by atoms with Crippen molar-refractivity contribution in [1.29, 1.82) is 0 Å². The highest BCUT2D eigenvalue weighted by molar-refractivity contribution is 7.71. The van der Waals surface area contributed by atoms with Gasteiger partial charge in [0, 0.05) is 0 Å². The molecule has 0 atom stereocenters. The second-order valence-corrected chi connectivity index (χ2v) is 6.99. The Morgan fingerprint density at radius 3 is 2.75 bits per heavy atom. The van der Waals surface area contributed by atoms with Crippen LogP contribution in [0.25, 0.3) is 11.4 Å². The molecule has 0 aliphatic rings. The number of H-pyrrole nitrogens is 1. The number of ether oxygens (including phenoxy) is 2. The van der Waals surface area contributed by atoms with Crippen molar-refractivity contribution in [2.75, 3.05) is 6.61 Å². The number of aromatic amines is 1. The summed E-state index contributed by atoms with van der Waals surface area (Å²) < 4.78 is 13.3. The summed E-state index contributed by atoms with van der Waals surface area (Å²) in [6.07, 6.45) is 1.72. The number of hydrogen-bond acceptors (Lipinski definition) is 5. The standard InChI is InChI=1S/C20H21ClN4O2S/c1-4-26-17-8-6-5-7-15(17)19-23-24-20(28)25(19)22-12-14-9-10-18(16(21)11-14)27-13(2)3/h5-13H,4H2,1-3H3,(H,24,28)/b22-12-. The maximum atomic E-state index is 6.30. The van der Waals surface area contributed by atoms with Crippen molar-refractivity contribution < 1.29 is 9.47 Å². The van der Waals surface area contributed by atoms with Crippen LogP contribution >= 0.6 is 23.8 Å². The number of halogens is 1. The molecular formula is C20H21ClN4O2S. The molecule has 0 bridgehead atoms. The van der Waals surface area contributed by atoms with Gasteiger partial charge in [-0.1, -0.05) is 23.7 Å². The fourth-order valence-electron chi connectivity index (χ4n) is 2.58. The Bertz CT molecular complexity index is 1040. The lowest BCUT2D eigenvalue weighted by atomic mass is 10.2. The maximum Gasteiger partial charge on any atom is 0.216 e. The van der Waals surface area contributed by atoms with Crippen LogP contribution < -0.4 is 9.47 Å². The van der Waals surface area contributed by atoms with Gasteiger partial charge in [0.15, 0.2) is 5.82 Å². The highest BCUT2D eigenvalue weighted by atomic mass is 35.5. The van der Waals surface area contributed by atoms with E-state index in [0.29, 0.717) is 33.7 Å². The lowest BCUT2D eigenvalue weighted by Gasteiger charge is -2.11. The van der Waals surface area contributed by atoms with E-state index in [0.717, 1.165) is 11.1 Å². The summed E-state index contributed by atoms with van der Waals surface area (Å²) in [6, 6.07) is 13.1. The van der Waals surface area contributed by atoms with Crippen molar-refractivity contribution in [3.05, 3.63) is 57.8 Å². The van der Waals surface area contributed by atoms with Gasteiger partial charge in [-0.15, -0.1) is 0 Å². The number of benzene rings is 2. The lowest BCUT2D eigenvalue weighted by molar-refractivity contribution is 0.242. The summed E-state index contributed by atoms with van der Waals surface area (Å²) in [4.78, 5) is 0. The molecule has 0 unspecified atom stereocenters. The molecule has 1 heterocycles. The van der Waals surface area contributed by atoms with Gasteiger partial charge < -0.3 is 9.47 Å². The normalized spacial score (nSPS) is 11.3. The smallest absolute Gasteiger partial charge is 0.216 e. The van der Waals surface area contributed by atoms with Crippen LogP contribution in [-0.2, 0) is 0 Å². The van der Waals surface area contributed by atoms with E-state index in [1.807, 2.05) is 57.2 Å². The molecule has 3 rings (SSSR count). The van der Waals surface area contributed by atoms with E-state index in [-0.39, 0.29) is 6.10 Å². The second-order valence-electron chi connectivity index (χ2n) is 6.19. The van der Waals surface area contributed by atoms with E-state index >= 15 is 0 Å². The number of hydrogen-bond donors (Lipinski definition) is 1. The first kappa shape index (κ1) is 20.1. The fraction of sp³-hybridized carbons (Fsp3) is 0.250. The van der Waals surface area contributed by atoms with Crippen molar-refractivity contribution in [1.82, 2.24) is 14.9 Å². The SMILES string of the molecule is CCOc1ccccc1-c1n[nH]c(=S)n1/N=C\c1ccc(OC(C)C)c(Cl)c1. The maximum absolute atomic E-state index is 6.30. The van der Waals surface area contributed by atoms with Crippen LogP contribution in [0.5, 0.6) is 11.5 Å². The van der Waals surface area contributed by atoms with Gasteiger partial charge in [0.2, 0.25) is 4.77 Å². The van der Waals surface area contributed by atoms with Gasteiger partial charge in [-0.25, -0.2) is 5.10 Å². The van der Waals surface area contributed by atoms with Crippen molar-refractivity contribution in [3.63, 3.8) is 0 Å². The average molecular weight is 417 g/mol. The average Bonchev–Trinajstić information content (AvgIpc) is 3.03. The van der Waals surface area contributed by atoms with Gasteiger partial charge in [-0.2, -0.15) is 14.9 Å². The third kappa shape index (κ3) is 4.61. The summed E-state index contributed by atoms with van der Waals surface area (Å²) >= 11 is 11.6. The zero-order valence-corrected chi connectivity index (χ0v) is 17.4. The van der Waals surface area contributed by atoms with E-state index in [1.165, 1.54) is 0 Å². The lowest BCUT2D eigenvalue weighted by Crippen LogP contribution is -2.06. The molecule has 146 valence electrons. The van der Waals surface area contributed by atoms with Crippen molar-refractivity contribution in [3.8, 4) is 22.9 Å². The molecule has 0 aliphatic heterocycles. The zero-order chi connectivity index (χ0) is 20.1. The van der Waals surface area contributed by atoms with Crippen LogP contribution in [0.1, 0.15) is 26.3 Å². The quantitative estimate of drug-likeness (QED) is 0.417. The van der Waals surface area contributed by atoms with Gasteiger partial charge in [-0.3, -0.25) is 0 Å². The number of nitrogens with one attached hydrogen (secondary N) is 1. The molecule has 6 nitrogen and oxygen atoms in total. The Kier molecular flexibility index (Phi) is 6.49. The number of aromatic nitrogens is 3. The molecule has 0 saturated heterocycles. The molecular weight excluding hydrogens is 396 g/mol. The summed E-state index contributed by atoms with van der Waals surface area (Å²) in [7, 11) is 0. The molecule has 0 radical (unpaired) electrons. The Morgan fingerprint density at radius 2 is 2.04 bits per heavy atom. The molecule has 0 fully saturated rings. The van der Waals surface area contributed by atoms with Crippen LogP contribution in [0.4, 0.5) is 0 Å². The minimum atomic E-state index is 0.0502. The van der Waals surface area contributed by atoms with Gasteiger partial charge in [0.1, 0.15) is 11.5 Å². The highest BCUT2D eigenvalue weighted by Crippen LogP contribution is 2.29. The number of rotatable bonds is 7. The van der Waals surface area contributed by atoms with Crippen LogP contribution in [0.2, 0.25) is 5.02 Å². The first-order valence-electron chi connectivity index (χ1n) is 8.89. The van der Waals surface area contributed by atoms with E-state index in [2.05, 4.69) is 15.3 Å². The largest absolute Gasteiger partial charge is 0.493 e. The molecule has 0 amide bonds. The fourth-order valence-corrected chi connectivity index (χ4v) is 2.99. The molecule has 2 aromatic carbocycles. The first-order valence-corrected chi connectivity index (χ1v) is 9.68. The van der Waals surface area contributed by atoms with Crippen molar-refractivity contribution in [2.24, 2.45) is 5.10 Å². The summed E-state index contributed by atoms with van der Waals surface area (Å²) in [5.74, 6) is 1.92. The zero-order valence-electron chi connectivity index (χ0n) is 15.8. The van der Waals surface area contributed by atoms with Crippen LogP contribution in [0.3, 0.4) is 0 Å². The summed E-state index contributed by atoms with van der Waals surface area (Å²) in [5.41, 5.74) is 1.61. The van der Waals surface area contributed by atoms with Crippen LogP contribution in [-0.4, -0.2) is 33.8 Å². The molecule has 0 saturated carbocycles. The third-order valence-corrected chi connectivity index (χ3v) is 4.28. The van der Waals surface area contributed by atoms with Crippen molar-refractivity contribution in [2.45, 2.75) is 26.9 Å². The van der Waals surface area contributed by atoms with Gasteiger partial charge in [0.25, 0.3) is 0 Å². The Morgan fingerprint density at radius 1 is 1.25 bits per heavy atom. The van der Waals surface area contributed by atoms with Gasteiger partial charge in [0.05, 0.1) is 29.5 Å². The third-order valence-electron chi connectivity index (χ3n) is 3.72. The molecule has 0 aliphatic carbocycles. The van der Waals surface area contributed by atoms with E-state index in [9.17, 15) is 0 Å². The van der Waals surface area contributed by atoms with Gasteiger partial charge in [-0.05, 0) is 68.9 Å². The van der Waals surface area contributed by atoms with E-state index < -0.39 is 0 Å². The summed E-state index contributed by atoms with van der Waals surface area (Å²) in [5, 5.41) is 12.1. The molecule has 0 spiro atoms. The molecule has 8 heteroatoms. The predicted molar refractivity (Wildman–Crippen MR) is 114 cm³/mol. The number of nitrogens with zero attached hydrogens (tertiary/aromatic N) is 3. The van der Waals surface area contributed by atoms with Crippen LogP contribution in [0, 0.1) is 4.77 Å². The highest BCUT2D eigenvalue weighted by Gasteiger charge is 2.13. The number of para-hydroxylation sites is 1. The molecule has 1 N–H and O–H groups in total. The first-order chi connectivity index (χ1) is 13.5. The van der Waals surface area contributed by atoms with Crippen molar-refractivity contribution >= 4 is 30.0 Å². The molecule has 3 aromatic rings.